The molecule has 0 radical (unpaired) electrons. The Kier molecular flexibility index (Phi) is 5.45. The summed E-state index contributed by atoms with van der Waals surface area (Å²) >= 11 is 0. The highest BCUT2D eigenvalue weighted by atomic mass is 32.2. The molecule has 0 aliphatic heterocycles. The highest BCUT2D eigenvalue weighted by molar-refractivity contribution is 7.88. The Morgan fingerprint density at radius 1 is 1.48 bits per heavy atom. The van der Waals surface area contributed by atoms with E-state index in [9.17, 15) is 17.9 Å². The molecule has 2 N–H and O–H groups in total. The molecule has 1 unspecified atom stereocenters. The summed E-state index contributed by atoms with van der Waals surface area (Å²) in [4.78, 5) is 0. The van der Waals surface area contributed by atoms with Crippen LogP contribution in [0.2, 0.25) is 0 Å². The Labute approximate surface area is 124 Å². The van der Waals surface area contributed by atoms with E-state index in [0.29, 0.717) is 0 Å². The van der Waals surface area contributed by atoms with Crippen molar-refractivity contribution >= 4 is 10.0 Å². The lowest BCUT2D eigenvalue weighted by Gasteiger charge is -2.27. The van der Waals surface area contributed by atoms with Crippen molar-refractivity contribution in [2.45, 2.75) is 32.1 Å². The van der Waals surface area contributed by atoms with Crippen molar-refractivity contribution in [3.8, 4) is 6.07 Å². The van der Waals surface area contributed by atoms with E-state index in [0.717, 1.165) is 6.07 Å². The third-order valence-electron chi connectivity index (χ3n) is 3.41. The van der Waals surface area contributed by atoms with Crippen molar-refractivity contribution in [2.24, 2.45) is 5.92 Å². The standard InChI is InChI=1S/C14H19FN2O3S/c1-10(2)14(3,18)9-17-21(19,20)8-12-6-11(7-16)4-5-13(12)15/h4-6,10,17-18H,8-9H2,1-3H3. The van der Waals surface area contributed by atoms with Gasteiger partial charge in [0.25, 0.3) is 0 Å². The lowest BCUT2D eigenvalue weighted by molar-refractivity contribution is 0.0190. The van der Waals surface area contributed by atoms with Crippen LogP contribution in [0.5, 0.6) is 0 Å². The maximum atomic E-state index is 13.6. The molecule has 1 rings (SSSR count). The molecule has 21 heavy (non-hydrogen) atoms. The van der Waals surface area contributed by atoms with Crippen LogP contribution in [-0.2, 0) is 15.8 Å². The van der Waals surface area contributed by atoms with Crippen LogP contribution in [0, 0.1) is 23.1 Å². The molecule has 0 aliphatic carbocycles. The van der Waals surface area contributed by atoms with E-state index in [4.69, 9.17) is 5.26 Å². The number of nitrogens with zero attached hydrogens (tertiary/aromatic N) is 1. The van der Waals surface area contributed by atoms with Crippen LogP contribution in [0.25, 0.3) is 0 Å². The van der Waals surface area contributed by atoms with Crippen molar-refractivity contribution in [2.75, 3.05) is 6.54 Å². The summed E-state index contributed by atoms with van der Waals surface area (Å²) in [5, 5.41) is 18.8. The Balaban J connectivity index is 2.85. The Morgan fingerprint density at radius 3 is 2.62 bits per heavy atom. The van der Waals surface area contributed by atoms with Crippen LogP contribution in [-0.4, -0.2) is 25.7 Å². The zero-order valence-corrected chi connectivity index (χ0v) is 13.0. The third-order valence-corrected chi connectivity index (χ3v) is 4.69. The summed E-state index contributed by atoms with van der Waals surface area (Å²) in [7, 11) is -3.81. The minimum atomic E-state index is -3.81. The van der Waals surface area contributed by atoms with E-state index in [1.165, 1.54) is 19.1 Å². The van der Waals surface area contributed by atoms with Crippen molar-refractivity contribution in [3.05, 3.63) is 35.1 Å². The SMILES string of the molecule is CC(C)C(C)(O)CNS(=O)(=O)Cc1cc(C#N)ccc1F. The number of nitriles is 1. The first kappa shape index (κ1) is 17.6. The van der Waals surface area contributed by atoms with Gasteiger partial charge in [0.2, 0.25) is 10.0 Å². The van der Waals surface area contributed by atoms with Crippen LogP contribution < -0.4 is 4.72 Å². The molecule has 0 aromatic heterocycles. The summed E-state index contributed by atoms with van der Waals surface area (Å²) in [6, 6.07) is 5.38. The molecule has 5 nitrogen and oxygen atoms in total. The van der Waals surface area contributed by atoms with Crippen LogP contribution in [0.15, 0.2) is 18.2 Å². The molecule has 1 aromatic rings. The number of rotatable bonds is 6. The average molecular weight is 314 g/mol. The number of halogens is 1. The highest BCUT2D eigenvalue weighted by Gasteiger charge is 2.27. The van der Waals surface area contributed by atoms with Gasteiger partial charge in [-0.15, -0.1) is 0 Å². The van der Waals surface area contributed by atoms with Crippen LogP contribution in [0.1, 0.15) is 31.9 Å². The zero-order chi connectivity index (χ0) is 16.3. The molecule has 116 valence electrons. The third kappa shape index (κ3) is 5.08. The topological polar surface area (TPSA) is 90.2 Å². The first-order valence-electron chi connectivity index (χ1n) is 6.45. The molecule has 1 aromatic carbocycles. The van der Waals surface area contributed by atoms with Gasteiger partial charge in [0.15, 0.2) is 0 Å². The van der Waals surface area contributed by atoms with Crippen LogP contribution in [0.4, 0.5) is 4.39 Å². The van der Waals surface area contributed by atoms with Crippen molar-refractivity contribution in [1.82, 2.24) is 4.72 Å². The fourth-order valence-corrected chi connectivity index (χ4v) is 2.72. The van der Waals surface area contributed by atoms with E-state index < -0.39 is 27.2 Å². The molecular weight excluding hydrogens is 295 g/mol. The van der Waals surface area contributed by atoms with Crippen LogP contribution in [0.3, 0.4) is 0 Å². The fourth-order valence-electron chi connectivity index (χ4n) is 1.47. The van der Waals surface area contributed by atoms with Gasteiger partial charge in [-0.1, -0.05) is 13.8 Å². The molecule has 0 spiro atoms. The maximum Gasteiger partial charge on any atom is 0.215 e. The van der Waals surface area contributed by atoms with Crippen LogP contribution >= 0.6 is 0 Å². The molecule has 1 atom stereocenters. The number of hydrogen-bond donors (Lipinski definition) is 2. The molecule has 0 aliphatic rings. The summed E-state index contributed by atoms with van der Waals surface area (Å²) < 4.78 is 39.8. The second-order valence-electron chi connectivity index (χ2n) is 5.51. The Hall–Kier alpha value is -1.49. The fraction of sp³-hybridized carbons (Fsp3) is 0.500. The monoisotopic (exact) mass is 314 g/mol. The lowest BCUT2D eigenvalue weighted by Crippen LogP contribution is -2.44. The van der Waals surface area contributed by atoms with E-state index in [1.54, 1.807) is 13.8 Å². The first-order valence-corrected chi connectivity index (χ1v) is 8.11. The summed E-state index contributed by atoms with van der Waals surface area (Å²) in [6.45, 7) is 4.90. The Bertz CT molecular complexity index is 649. The van der Waals surface area contributed by atoms with E-state index in [2.05, 4.69) is 4.72 Å². The molecule has 0 heterocycles. The minimum absolute atomic E-state index is 0.0780. The maximum absolute atomic E-state index is 13.6. The van der Waals surface area contributed by atoms with Gasteiger partial charge in [0.1, 0.15) is 5.82 Å². The molecule has 0 bridgehead atoms. The van der Waals surface area contributed by atoms with Gasteiger partial charge in [-0.2, -0.15) is 5.26 Å². The van der Waals surface area contributed by atoms with E-state index >= 15 is 0 Å². The van der Waals surface area contributed by atoms with Crippen molar-refractivity contribution < 1.29 is 17.9 Å². The van der Waals surface area contributed by atoms with Crippen molar-refractivity contribution in [1.29, 1.82) is 5.26 Å². The van der Waals surface area contributed by atoms with Gasteiger partial charge in [-0.25, -0.2) is 17.5 Å². The predicted molar refractivity (Wildman–Crippen MR) is 77.2 cm³/mol. The van der Waals surface area contributed by atoms with Crippen molar-refractivity contribution in [3.63, 3.8) is 0 Å². The first-order chi connectivity index (χ1) is 9.57. The van der Waals surface area contributed by atoms with Gasteiger partial charge < -0.3 is 5.11 Å². The average Bonchev–Trinajstić information content (AvgIpc) is 2.39. The number of nitrogens with one attached hydrogen (secondary N) is 1. The number of aliphatic hydroxyl groups is 1. The summed E-state index contributed by atoms with van der Waals surface area (Å²) in [5.41, 5.74) is -1.08. The van der Waals surface area contributed by atoms with Gasteiger partial charge in [-0.05, 0) is 31.0 Å². The molecule has 7 heteroatoms. The second-order valence-corrected chi connectivity index (χ2v) is 7.32. The minimum Gasteiger partial charge on any atom is -0.389 e. The Morgan fingerprint density at radius 2 is 2.10 bits per heavy atom. The smallest absolute Gasteiger partial charge is 0.215 e. The zero-order valence-electron chi connectivity index (χ0n) is 12.2. The van der Waals surface area contributed by atoms with E-state index in [-0.39, 0.29) is 23.6 Å². The number of hydrogen-bond acceptors (Lipinski definition) is 4. The van der Waals surface area contributed by atoms with Gasteiger partial charge in [0.05, 0.1) is 23.0 Å². The molecule has 0 amide bonds. The second kappa shape index (κ2) is 6.52. The lowest BCUT2D eigenvalue weighted by atomic mass is 9.93. The number of benzene rings is 1. The normalized spacial score (nSPS) is 14.7. The largest absolute Gasteiger partial charge is 0.389 e. The van der Waals surface area contributed by atoms with Gasteiger partial charge >= 0.3 is 0 Å². The quantitative estimate of drug-likeness (QED) is 0.833. The number of sulfonamides is 1. The van der Waals surface area contributed by atoms with Gasteiger partial charge in [-0.3, -0.25) is 0 Å². The summed E-state index contributed by atoms with van der Waals surface area (Å²) in [6.07, 6.45) is 0. The summed E-state index contributed by atoms with van der Waals surface area (Å²) in [5.74, 6) is -1.41. The van der Waals surface area contributed by atoms with Gasteiger partial charge in [0, 0.05) is 12.1 Å². The molecule has 0 saturated heterocycles. The van der Waals surface area contributed by atoms with E-state index in [1.807, 2.05) is 6.07 Å². The predicted octanol–water partition coefficient (Wildman–Crippen LogP) is 1.52. The highest BCUT2D eigenvalue weighted by Crippen LogP contribution is 2.16. The molecular formula is C14H19FN2O3S. The molecule has 0 saturated carbocycles. The molecule has 0 fully saturated rings.